The molecule has 0 radical (unpaired) electrons. The number of nitrogens with one attached hydrogen (secondary N) is 2. The van der Waals surface area contributed by atoms with Crippen molar-refractivity contribution in [2.24, 2.45) is 0 Å². The molecule has 0 heterocycles. The predicted molar refractivity (Wildman–Crippen MR) is 124 cm³/mol. The molecule has 0 saturated carbocycles. The van der Waals surface area contributed by atoms with Crippen molar-refractivity contribution in [3.63, 3.8) is 0 Å². The molecular weight excluding hydrogens is 452 g/mol. The van der Waals surface area contributed by atoms with Crippen LogP contribution in [0.15, 0.2) is 71.6 Å². The van der Waals surface area contributed by atoms with Crippen molar-refractivity contribution in [3.8, 4) is 11.5 Å². The lowest BCUT2D eigenvalue weighted by molar-refractivity contribution is 0.0940. The molecule has 0 aliphatic rings. The summed E-state index contributed by atoms with van der Waals surface area (Å²) < 4.78 is 38.0. The van der Waals surface area contributed by atoms with Crippen molar-refractivity contribution in [1.82, 2.24) is 5.32 Å². The minimum Gasteiger partial charge on any atom is -0.493 e. The fourth-order valence-corrected chi connectivity index (χ4v) is 4.39. The largest absolute Gasteiger partial charge is 0.493 e. The van der Waals surface area contributed by atoms with Gasteiger partial charge >= 0.3 is 0 Å². The van der Waals surface area contributed by atoms with Gasteiger partial charge in [-0.15, -0.1) is 0 Å². The molecule has 32 heavy (non-hydrogen) atoms. The number of carbonyl (C=O) groups is 1. The molecule has 1 atom stereocenters. The molecule has 0 saturated heterocycles. The SMILES string of the molecule is COc1ccc([C@@H](C)NC(=O)c2ccc(NS(=O)(=O)c3ccccc3)cc2Cl)cc1OC. The first-order chi connectivity index (χ1) is 15.2. The van der Waals surface area contributed by atoms with Crippen LogP contribution in [0.1, 0.15) is 28.9 Å². The van der Waals surface area contributed by atoms with Gasteiger partial charge in [-0.3, -0.25) is 9.52 Å². The number of anilines is 1. The van der Waals surface area contributed by atoms with Gasteiger partial charge in [0.2, 0.25) is 0 Å². The summed E-state index contributed by atoms with van der Waals surface area (Å²) >= 11 is 6.28. The highest BCUT2D eigenvalue weighted by Crippen LogP contribution is 2.30. The van der Waals surface area contributed by atoms with Crippen molar-refractivity contribution >= 4 is 33.2 Å². The van der Waals surface area contributed by atoms with Crippen LogP contribution in [0.4, 0.5) is 5.69 Å². The summed E-state index contributed by atoms with van der Waals surface area (Å²) in [7, 11) is -0.672. The second-order valence-corrected chi connectivity index (χ2v) is 9.01. The zero-order chi connectivity index (χ0) is 23.3. The van der Waals surface area contributed by atoms with E-state index in [0.29, 0.717) is 11.5 Å². The van der Waals surface area contributed by atoms with Crippen molar-refractivity contribution in [1.29, 1.82) is 0 Å². The van der Waals surface area contributed by atoms with Gasteiger partial charge in [0.25, 0.3) is 15.9 Å². The monoisotopic (exact) mass is 474 g/mol. The molecular formula is C23H23ClN2O5S. The van der Waals surface area contributed by atoms with E-state index in [0.717, 1.165) is 5.56 Å². The number of rotatable bonds is 8. The number of hydrogen-bond acceptors (Lipinski definition) is 5. The van der Waals surface area contributed by atoms with Gasteiger partial charge in [-0.1, -0.05) is 35.9 Å². The van der Waals surface area contributed by atoms with Crippen LogP contribution < -0.4 is 19.5 Å². The Balaban J connectivity index is 1.74. The van der Waals surface area contributed by atoms with E-state index in [1.807, 2.05) is 13.0 Å². The van der Waals surface area contributed by atoms with Crippen LogP contribution in [0.2, 0.25) is 5.02 Å². The van der Waals surface area contributed by atoms with Crippen molar-refractivity contribution < 1.29 is 22.7 Å². The molecule has 2 N–H and O–H groups in total. The van der Waals surface area contributed by atoms with E-state index in [9.17, 15) is 13.2 Å². The average Bonchev–Trinajstić information content (AvgIpc) is 2.78. The highest BCUT2D eigenvalue weighted by Gasteiger charge is 2.18. The second kappa shape index (κ2) is 9.93. The van der Waals surface area contributed by atoms with Gasteiger partial charge in [-0.05, 0) is 55.0 Å². The standard InChI is InChI=1S/C23H23ClN2O5S/c1-15(16-9-12-21(30-2)22(13-16)31-3)25-23(27)19-11-10-17(14-20(19)24)26-32(28,29)18-7-5-4-6-8-18/h4-15,26H,1-3H3,(H,25,27)/t15-/m1/s1. The second-order valence-electron chi connectivity index (χ2n) is 6.92. The third-order valence-corrected chi connectivity index (χ3v) is 6.48. The highest BCUT2D eigenvalue weighted by atomic mass is 35.5. The first-order valence-electron chi connectivity index (χ1n) is 9.65. The molecule has 0 spiro atoms. The summed E-state index contributed by atoms with van der Waals surface area (Å²) in [5.74, 6) is 0.750. The first-order valence-corrected chi connectivity index (χ1v) is 11.5. The zero-order valence-electron chi connectivity index (χ0n) is 17.8. The maximum absolute atomic E-state index is 12.8. The zero-order valence-corrected chi connectivity index (χ0v) is 19.3. The van der Waals surface area contributed by atoms with Crippen molar-refractivity contribution in [2.45, 2.75) is 17.9 Å². The maximum Gasteiger partial charge on any atom is 0.261 e. The molecule has 9 heteroatoms. The minimum absolute atomic E-state index is 0.121. The Morgan fingerprint density at radius 1 is 0.938 bits per heavy atom. The van der Waals surface area contributed by atoms with Crippen molar-refractivity contribution in [3.05, 3.63) is 82.9 Å². The lowest BCUT2D eigenvalue weighted by Gasteiger charge is -2.17. The summed E-state index contributed by atoms with van der Waals surface area (Å²) in [5.41, 5.74) is 1.30. The van der Waals surface area contributed by atoms with E-state index in [2.05, 4.69) is 10.0 Å². The number of sulfonamides is 1. The van der Waals surface area contributed by atoms with E-state index < -0.39 is 15.9 Å². The Labute approximate surface area is 192 Å². The average molecular weight is 475 g/mol. The van der Waals surface area contributed by atoms with Gasteiger partial charge in [-0.2, -0.15) is 0 Å². The van der Waals surface area contributed by atoms with Crippen LogP contribution in [0, 0.1) is 0 Å². The third-order valence-electron chi connectivity index (χ3n) is 4.77. The van der Waals surface area contributed by atoms with Gasteiger partial charge in [0.05, 0.1) is 41.4 Å². The van der Waals surface area contributed by atoms with Crippen LogP contribution in [0.3, 0.4) is 0 Å². The smallest absolute Gasteiger partial charge is 0.261 e. The summed E-state index contributed by atoms with van der Waals surface area (Å²) in [5, 5.41) is 3.00. The summed E-state index contributed by atoms with van der Waals surface area (Å²) in [6.45, 7) is 1.83. The molecule has 0 fully saturated rings. The molecule has 0 bridgehead atoms. The van der Waals surface area contributed by atoms with Gasteiger partial charge in [-0.25, -0.2) is 8.42 Å². The quantitative estimate of drug-likeness (QED) is 0.495. The number of carbonyl (C=O) groups excluding carboxylic acids is 1. The van der Waals surface area contributed by atoms with E-state index in [1.54, 1.807) is 37.4 Å². The Hall–Kier alpha value is -3.23. The lowest BCUT2D eigenvalue weighted by atomic mass is 10.1. The third kappa shape index (κ3) is 5.33. The molecule has 0 aromatic heterocycles. The highest BCUT2D eigenvalue weighted by molar-refractivity contribution is 7.92. The van der Waals surface area contributed by atoms with Crippen LogP contribution in [-0.2, 0) is 10.0 Å². The van der Waals surface area contributed by atoms with Crippen LogP contribution in [0.5, 0.6) is 11.5 Å². The number of hydrogen-bond donors (Lipinski definition) is 2. The molecule has 7 nitrogen and oxygen atoms in total. The Bertz CT molecular complexity index is 1220. The number of ether oxygens (including phenoxy) is 2. The summed E-state index contributed by atoms with van der Waals surface area (Å²) in [4.78, 5) is 12.9. The molecule has 3 rings (SSSR count). The molecule has 0 unspecified atom stereocenters. The summed E-state index contributed by atoms with van der Waals surface area (Å²) in [6, 6.07) is 17.4. The molecule has 168 valence electrons. The molecule has 3 aromatic rings. The number of benzene rings is 3. The molecule has 1 amide bonds. The minimum atomic E-state index is -3.76. The van der Waals surface area contributed by atoms with E-state index in [4.69, 9.17) is 21.1 Å². The van der Waals surface area contributed by atoms with Crippen LogP contribution in [0.25, 0.3) is 0 Å². The van der Waals surface area contributed by atoms with Crippen LogP contribution >= 0.6 is 11.6 Å². The Morgan fingerprint density at radius 3 is 2.25 bits per heavy atom. The normalized spacial score (nSPS) is 12.0. The fraction of sp³-hybridized carbons (Fsp3) is 0.174. The van der Waals surface area contributed by atoms with E-state index in [1.165, 1.54) is 37.4 Å². The predicted octanol–water partition coefficient (Wildman–Crippen LogP) is 4.65. The Morgan fingerprint density at radius 2 is 1.62 bits per heavy atom. The maximum atomic E-state index is 12.8. The van der Waals surface area contributed by atoms with Gasteiger partial charge in [0, 0.05) is 0 Å². The molecule has 0 aliphatic carbocycles. The van der Waals surface area contributed by atoms with Crippen LogP contribution in [-0.4, -0.2) is 28.5 Å². The van der Waals surface area contributed by atoms with Crippen molar-refractivity contribution in [2.75, 3.05) is 18.9 Å². The number of halogens is 1. The lowest BCUT2D eigenvalue weighted by Crippen LogP contribution is -2.27. The molecule has 3 aromatic carbocycles. The van der Waals surface area contributed by atoms with E-state index >= 15 is 0 Å². The van der Waals surface area contributed by atoms with Gasteiger partial charge in [0.1, 0.15) is 0 Å². The number of methoxy groups -OCH3 is 2. The van der Waals surface area contributed by atoms with Gasteiger partial charge < -0.3 is 14.8 Å². The first kappa shape index (κ1) is 23.4. The Kier molecular flexibility index (Phi) is 7.27. The van der Waals surface area contributed by atoms with E-state index in [-0.39, 0.29) is 27.2 Å². The summed E-state index contributed by atoms with van der Waals surface area (Å²) in [6.07, 6.45) is 0. The van der Waals surface area contributed by atoms with Gasteiger partial charge in [0.15, 0.2) is 11.5 Å². The number of amides is 1. The topological polar surface area (TPSA) is 93.7 Å². The fourth-order valence-electron chi connectivity index (χ4n) is 3.06. The molecule has 0 aliphatic heterocycles.